The first-order chi connectivity index (χ1) is 17.2. The highest BCUT2D eigenvalue weighted by atomic mass is 19.1. The number of pyridine rings is 1. The minimum Gasteiger partial charge on any atom is -0.364 e. The second-order valence-electron chi connectivity index (χ2n) is 8.57. The molecule has 6 nitrogen and oxygen atoms in total. The lowest BCUT2D eigenvalue weighted by atomic mass is 9.99. The molecular formula is C28H22FN5O. The van der Waals surface area contributed by atoms with Crippen molar-refractivity contribution >= 4 is 28.3 Å². The number of nitrogens with one attached hydrogen (secondary N) is 1. The quantitative estimate of drug-likeness (QED) is 0.373. The lowest BCUT2D eigenvalue weighted by molar-refractivity contribution is -0.117. The monoisotopic (exact) mass is 463 g/mol. The van der Waals surface area contributed by atoms with E-state index in [0.717, 1.165) is 33.7 Å². The van der Waals surface area contributed by atoms with Crippen molar-refractivity contribution in [2.45, 2.75) is 18.5 Å². The maximum absolute atomic E-state index is 13.4. The van der Waals surface area contributed by atoms with E-state index in [-0.39, 0.29) is 23.8 Å². The van der Waals surface area contributed by atoms with E-state index in [1.807, 2.05) is 59.5 Å². The summed E-state index contributed by atoms with van der Waals surface area (Å²) in [6, 6.07) is 27.5. The number of carbonyl (C=O) groups is 1. The van der Waals surface area contributed by atoms with Crippen LogP contribution in [-0.2, 0) is 4.79 Å². The summed E-state index contributed by atoms with van der Waals surface area (Å²) in [5.41, 5.74) is 3.51. The van der Waals surface area contributed by atoms with Crippen LogP contribution in [-0.4, -0.2) is 26.7 Å². The van der Waals surface area contributed by atoms with Crippen LogP contribution < -0.4 is 10.2 Å². The molecule has 1 saturated heterocycles. The van der Waals surface area contributed by atoms with Gasteiger partial charge in [0.25, 0.3) is 0 Å². The van der Waals surface area contributed by atoms with Gasteiger partial charge in [-0.25, -0.2) is 14.1 Å². The molecule has 0 spiro atoms. The molecule has 1 aliphatic rings. The fraction of sp³-hybridized carbons (Fsp3) is 0.107. The summed E-state index contributed by atoms with van der Waals surface area (Å²) in [5.74, 6) is 0.488. The van der Waals surface area contributed by atoms with E-state index >= 15 is 0 Å². The molecule has 3 aromatic carbocycles. The summed E-state index contributed by atoms with van der Waals surface area (Å²) in [7, 11) is 0. The van der Waals surface area contributed by atoms with Crippen molar-refractivity contribution in [3.63, 3.8) is 0 Å². The summed E-state index contributed by atoms with van der Waals surface area (Å²) >= 11 is 0. The summed E-state index contributed by atoms with van der Waals surface area (Å²) in [5, 5.41) is 8.86. The van der Waals surface area contributed by atoms with Crippen molar-refractivity contribution in [3.8, 4) is 5.69 Å². The number of amides is 1. The van der Waals surface area contributed by atoms with Crippen molar-refractivity contribution in [2.75, 3.05) is 10.2 Å². The number of nitrogens with zero attached hydrogens (tertiary/aromatic N) is 4. The standard InChI is InChI=1S/C28H22FN5O/c29-21-9-11-22(12-10-21)34-25-14-13-23(16-20(25)18-31-34)33-27(35)17-24(32-26-8-4-5-15-30-26)28(33)19-6-2-1-3-7-19/h1-16,18,24,28H,17H2,(H,30,32)/t24-,28?/m0/s1. The number of aromatic nitrogens is 3. The predicted molar refractivity (Wildman–Crippen MR) is 134 cm³/mol. The van der Waals surface area contributed by atoms with Gasteiger partial charge in [-0.15, -0.1) is 0 Å². The normalized spacial score (nSPS) is 17.7. The van der Waals surface area contributed by atoms with Gasteiger partial charge < -0.3 is 10.2 Å². The van der Waals surface area contributed by atoms with Gasteiger partial charge in [0, 0.05) is 23.7 Å². The Morgan fingerprint density at radius 3 is 2.43 bits per heavy atom. The van der Waals surface area contributed by atoms with Crippen LogP contribution in [0.5, 0.6) is 0 Å². The average Bonchev–Trinajstić information content (AvgIpc) is 3.46. The summed E-state index contributed by atoms with van der Waals surface area (Å²) in [6.45, 7) is 0. The molecule has 1 unspecified atom stereocenters. The number of hydrogen-bond donors (Lipinski definition) is 1. The second kappa shape index (κ2) is 8.68. The first-order valence-electron chi connectivity index (χ1n) is 11.5. The van der Waals surface area contributed by atoms with Crippen LogP contribution in [0.25, 0.3) is 16.6 Å². The molecule has 35 heavy (non-hydrogen) atoms. The highest BCUT2D eigenvalue weighted by Crippen LogP contribution is 2.39. The fourth-order valence-corrected chi connectivity index (χ4v) is 4.80. The second-order valence-corrected chi connectivity index (χ2v) is 8.57. The molecule has 0 bridgehead atoms. The lowest BCUT2D eigenvalue weighted by Gasteiger charge is -2.29. The fourth-order valence-electron chi connectivity index (χ4n) is 4.80. The zero-order chi connectivity index (χ0) is 23.8. The third-order valence-electron chi connectivity index (χ3n) is 6.36. The molecular weight excluding hydrogens is 441 g/mol. The third kappa shape index (κ3) is 3.91. The Balaban J connectivity index is 1.39. The number of benzene rings is 3. The van der Waals surface area contributed by atoms with Gasteiger partial charge >= 0.3 is 0 Å². The highest BCUT2D eigenvalue weighted by molar-refractivity contribution is 5.99. The number of hydrogen-bond acceptors (Lipinski definition) is 4. The van der Waals surface area contributed by atoms with Gasteiger partial charge in [-0.2, -0.15) is 5.10 Å². The number of halogens is 1. The molecule has 172 valence electrons. The molecule has 1 amide bonds. The maximum Gasteiger partial charge on any atom is 0.229 e. The van der Waals surface area contributed by atoms with Crippen LogP contribution in [0.2, 0.25) is 0 Å². The molecule has 1 fully saturated rings. The first kappa shape index (κ1) is 21.0. The molecule has 7 heteroatoms. The molecule has 0 aliphatic carbocycles. The van der Waals surface area contributed by atoms with Crippen molar-refractivity contribution < 1.29 is 9.18 Å². The average molecular weight is 464 g/mol. The Morgan fingerprint density at radius 1 is 0.886 bits per heavy atom. The third-order valence-corrected chi connectivity index (χ3v) is 6.36. The first-order valence-corrected chi connectivity index (χ1v) is 11.5. The van der Waals surface area contributed by atoms with Crippen LogP contribution >= 0.6 is 0 Å². The Hall–Kier alpha value is -4.52. The molecule has 1 aliphatic heterocycles. The summed E-state index contributed by atoms with van der Waals surface area (Å²) in [6.07, 6.45) is 3.86. The van der Waals surface area contributed by atoms with Crippen molar-refractivity contribution in [1.82, 2.24) is 14.8 Å². The van der Waals surface area contributed by atoms with E-state index in [4.69, 9.17) is 0 Å². The number of rotatable bonds is 5. The Labute approximate surface area is 201 Å². The Kier molecular flexibility index (Phi) is 5.22. The van der Waals surface area contributed by atoms with Crippen molar-refractivity contribution in [2.24, 2.45) is 0 Å². The van der Waals surface area contributed by atoms with Gasteiger partial charge in [0.1, 0.15) is 11.6 Å². The number of carbonyl (C=O) groups excluding carboxylic acids is 1. The van der Waals surface area contributed by atoms with Gasteiger partial charge in [0.2, 0.25) is 5.91 Å². The molecule has 2 aromatic heterocycles. The van der Waals surface area contributed by atoms with E-state index < -0.39 is 0 Å². The molecule has 0 radical (unpaired) electrons. The lowest BCUT2D eigenvalue weighted by Crippen LogP contribution is -2.32. The van der Waals surface area contributed by atoms with E-state index in [9.17, 15) is 9.18 Å². The Morgan fingerprint density at radius 2 is 1.66 bits per heavy atom. The van der Waals surface area contributed by atoms with Crippen LogP contribution in [0.3, 0.4) is 0 Å². The van der Waals surface area contributed by atoms with Gasteiger partial charge in [-0.1, -0.05) is 36.4 Å². The van der Waals surface area contributed by atoms with E-state index in [1.165, 1.54) is 12.1 Å². The van der Waals surface area contributed by atoms with Crippen LogP contribution in [0, 0.1) is 5.82 Å². The summed E-state index contributed by atoms with van der Waals surface area (Å²) < 4.78 is 15.1. The van der Waals surface area contributed by atoms with Crippen LogP contribution in [0.15, 0.2) is 103 Å². The maximum atomic E-state index is 13.4. The molecule has 3 heterocycles. The van der Waals surface area contributed by atoms with E-state index in [0.29, 0.717) is 6.42 Å². The van der Waals surface area contributed by atoms with Crippen LogP contribution in [0.1, 0.15) is 18.0 Å². The number of fused-ring (bicyclic) bond motifs is 1. The van der Waals surface area contributed by atoms with Crippen molar-refractivity contribution in [1.29, 1.82) is 0 Å². The van der Waals surface area contributed by atoms with Crippen LogP contribution in [0.4, 0.5) is 15.9 Å². The topological polar surface area (TPSA) is 63.1 Å². The van der Waals surface area contributed by atoms with Gasteiger partial charge in [0.05, 0.1) is 29.5 Å². The molecule has 5 aromatic rings. The van der Waals surface area contributed by atoms with Crippen molar-refractivity contribution in [3.05, 3.63) is 115 Å². The SMILES string of the molecule is O=C1C[C@H](Nc2ccccn2)C(c2ccccc2)N1c1ccc2c(cnn2-c2ccc(F)cc2)c1. The minimum atomic E-state index is -0.291. The van der Waals surface area contributed by atoms with E-state index in [1.54, 1.807) is 29.2 Å². The zero-order valence-electron chi connectivity index (χ0n) is 18.8. The summed E-state index contributed by atoms with van der Waals surface area (Å²) in [4.78, 5) is 19.6. The molecule has 6 rings (SSSR count). The zero-order valence-corrected chi connectivity index (χ0v) is 18.8. The van der Waals surface area contributed by atoms with E-state index in [2.05, 4.69) is 27.5 Å². The smallest absolute Gasteiger partial charge is 0.229 e. The molecule has 2 atom stereocenters. The molecule has 0 saturated carbocycles. The number of anilines is 2. The van der Waals surface area contributed by atoms with Gasteiger partial charge in [-0.3, -0.25) is 4.79 Å². The molecule has 1 N–H and O–H groups in total. The highest BCUT2D eigenvalue weighted by Gasteiger charge is 2.41. The van der Waals surface area contributed by atoms with Gasteiger partial charge in [0.15, 0.2) is 0 Å². The minimum absolute atomic E-state index is 0.0394. The predicted octanol–water partition coefficient (Wildman–Crippen LogP) is 5.52. The Bertz CT molecular complexity index is 1480. The largest absolute Gasteiger partial charge is 0.364 e. The van der Waals surface area contributed by atoms with Gasteiger partial charge in [-0.05, 0) is 60.2 Å².